The molecule has 2 heterocycles. The average Bonchev–Trinajstić information content (AvgIpc) is 3.22. The van der Waals surface area contributed by atoms with Crippen LogP contribution < -0.4 is 5.32 Å². The van der Waals surface area contributed by atoms with Gasteiger partial charge >= 0.3 is 5.97 Å². The Morgan fingerprint density at radius 3 is 2.75 bits per heavy atom. The van der Waals surface area contributed by atoms with Crippen LogP contribution in [0.25, 0.3) is 5.69 Å². The molecule has 8 nitrogen and oxygen atoms in total. The molecule has 2 atom stereocenters. The van der Waals surface area contributed by atoms with Crippen molar-refractivity contribution in [1.29, 1.82) is 0 Å². The number of hydrogen-bond acceptors (Lipinski definition) is 6. The van der Waals surface area contributed by atoms with E-state index in [2.05, 4.69) is 15.6 Å². The van der Waals surface area contributed by atoms with Gasteiger partial charge in [-0.15, -0.1) is 5.10 Å². The number of methoxy groups -OCH3 is 1. The van der Waals surface area contributed by atoms with Gasteiger partial charge in [-0.05, 0) is 25.6 Å². The molecule has 8 heteroatoms. The maximum atomic E-state index is 12.6. The third-order valence-electron chi connectivity index (χ3n) is 4.14. The average molecular weight is 329 g/mol. The van der Waals surface area contributed by atoms with Gasteiger partial charge in [0.2, 0.25) is 0 Å². The normalized spacial score (nSPS) is 20.8. The van der Waals surface area contributed by atoms with Crippen molar-refractivity contribution in [3.8, 4) is 5.69 Å². The summed E-state index contributed by atoms with van der Waals surface area (Å²) in [4.78, 5) is 26.2. The zero-order valence-corrected chi connectivity index (χ0v) is 13.5. The number of carbonyl (C=O) groups excluding carboxylic acids is 2. The molecule has 2 aromatic rings. The van der Waals surface area contributed by atoms with E-state index in [1.165, 1.54) is 18.0 Å². The second kappa shape index (κ2) is 6.79. The molecule has 0 spiro atoms. The third-order valence-corrected chi connectivity index (χ3v) is 4.14. The van der Waals surface area contributed by atoms with Crippen molar-refractivity contribution in [3.63, 3.8) is 0 Å². The minimum atomic E-state index is -0.336. The summed E-state index contributed by atoms with van der Waals surface area (Å²) in [5.41, 5.74) is 1.11. The lowest BCUT2D eigenvalue weighted by molar-refractivity contribution is -0.145. The van der Waals surface area contributed by atoms with Crippen LogP contribution in [0.2, 0.25) is 0 Å². The largest absolute Gasteiger partial charge is 0.468 e. The van der Waals surface area contributed by atoms with E-state index in [9.17, 15) is 9.59 Å². The maximum Gasteiger partial charge on any atom is 0.323 e. The van der Waals surface area contributed by atoms with Crippen molar-refractivity contribution in [2.24, 2.45) is 0 Å². The molecule has 3 rings (SSSR count). The Balaban J connectivity index is 1.71. The van der Waals surface area contributed by atoms with Gasteiger partial charge < -0.3 is 10.1 Å². The van der Waals surface area contributed by atoms with Gasteiger partial charge in [0, 0.05) is 12.6 Å². The first kappa shape index (κ1) is 16.1. The highest BCUT2D eigenvalue weighted by Crippen LogP contribution is 2.18. The van der Waals surface area contributed by atoms with Gasteiger partial charge in [-0.25, -0.2) is 4.68 Å². The molecule has 1 fully saturated rings. The molecule has 0 radical (unpaired) electrons. The van der Waals surface area contributed by atoms with Gasteiger partial charge in [-0.3, -0.25) is 14.5 Å². The van der Waals surface area contributed by atoms with E-state index in [0.717, 1.165) is 5.69 Å². The molecule has 1 amide bonds. The molecule has 1 aromatic carbocycles. The number of nitrogens with zero attached hydrogens (tertiary/aromatic N) is 4. The number of esters is 1. The smallest absolute Gasteiger partial charge is 0.323 e. The van der Waals surface area contributed by atoms with Crippen molar-refractivity contribution in [1.82, 2.24) is 25.2 Å². The van der Waals surface area contributed by atoms with Crippen LogP contribution in [-0.2, 0) is 9.53 Å². The molecule has 126 valence electrons. The number of benzene rings is 1. The number of amides is 1. The molecule has 1 saturated heterocycles. The summed E-state index contributed by atoms with van der Waals surface area (Å²) < 4.78 is 6.28. The number of rotatable bonds is 4. The predicted molar refractivity (Wildman–Crippen MR) is 85.7 cm³/mol. The lowest BCUT2D eigenvalue weighted by Crippen LogP contribution is -2.37. The second-order valence-electron chi connectivity index (χ2n) is 5.75. The van der Waals surface area contributed by atoms with E-state index < -0.39 is 0 Å². The summed E-state index contributed by atoms with van der Waals surface area (Å²) in [5.74, 6) is -0.557. The number of carbonyl (C=O) groups is 2. The first-order valence-corrected chi connectivity index (χ1v) is 7.65. The molecule has 0 unspecified atom stereocenters. The summed E-state index contributed by atoms with van der Waals surface area (Å²) in [6.45, 7) is 0.582. The summed E-state index contributed by atoms with van der Waals surface area (Å²) in [6.07, 6.45) is 1.95. The van der Waals surface area contributed by atoms with Crippen LogP contribution in [0.3, 0.4) is 0 Å². The van der Waals surface area contributed by atoms with Crippen LogP contribution in [0, 0.1) is 0 Å². The maximum absolute atomic E-state index is 12.6. The molecule has 1 aliphatic rings. The molecule has 0 aliphatic carbocycles. The zero-order valence-electron chi connectivity index (χ0n) is 13.5. The number of para-hydroxylation sites is 1. The van der Waals surface area contributed by atoms with Crippen LogP contribution in [0.15, 0.2) is 36.5 Å². The Labute approximate surface area is 139 Å². The minimum absolute atomic E-state index is 0.134. The SMILES string of the molecule is COC(=O)[C@@H]1C[C@H](NC(=O)c2cnnn2-c2ccccc2)CN1C. The third kappa shape index (κ3) is 3.13. The number of likely N-dealkylation sites (tertiary alicyclic amines) is 1. The van der Waals surface area contributed by atoms with Gasteiger partial charge in [0.15, 0.2) is 5.69 Å². The number of hydrogen-bond donors (Lipinski definition) is 1. The van der Waals surface area contributed by atoms with E-state index in [4.69, 9.17) is 4.74 Å². The molecule has 1 aromatic heterocycles. The van der Waals surface area contributed by atoms with E-state index in [1.807, 2.05) is 42.3 Å². The zero-order chi connectivity index (χ0) is 17.1. The van der Waals surface area contributed by atoms with E-state index in [0.29, 0.717) is 18.7 Å². The van der Waals surface area contributed by atoms with Crippen LogP contribution >= 0.6 is 0 Å². The molecular weight excluding hydrogens is 310 g/mol. The van der Waals surface area contributed by atoms with E-state index in [-0.39, 0.29) is 24.0 Å². The Kier molecular flexibility index (Phi) is 4.57. The fourth-order valence-electron chi connectivity index (χ4n) is 2.92. The second-order valence-corrected chi connectivity index (χ2v) is 5.75. The van der Waals surface area contributed by atoms with Gasteiger partial charge in [0.1, 0.15) is 6.04 Å². The highest BCUT2D eigenvalue weighted by Gasteiger charge is 2.36. The van der Waals surface area contributed by atoms with Crippen molar-refractivity contribution >= 4 is 11.9 Å². The van der Waals surface area contributed by atoms with Crippen molar-refractivity contribution in [2.45, 2.75) is 18.5 Å². The summed E-state index contributed by atoms with van der Waals surface area (Å²) in [5, 5.41) is 10.7. The highest BCUT2D eigenvalue weighted by atomic mass is 16.5. The molecular formula is C16H19N5O3. The Morgan fingerprint density at radius 2 is 2.04 bits per heavy atom. The first-order valence-electron chi connectivity index (χ1n) is 7.65. The molecule has 1 aliphatic heterocycles. The number of aromatic nitrogens is 3. The van der Waals surface area contributed by atoms with E-state index >= 15 is 0 Å². The quantitative estimate of drug-likeness (QED) is 0.809. The highest BCUT2D eigenvalue weighted by molar-refractivity contribution is 5.93. The summed E-state index contributed by atoms with van der Waals surface area (Å²) in [7, 11) is 3.20. The topological polar surface area (TPSA) is 89.3 Å². The Hall–Kier alpha value is -2.74. The minimum Gasteiger partial charge on any atom is -0.468 e. The number of nitrogens with one attached hydrogen (secondary N) is 1. The van der Waals surface area contributed by atoms with Crippen LogP contribution in [0.5, 0.6) is 0 Å². The Bertz CT molecular complexity index is 730. The van der Waals surface area contributed by atoms with Crippen LogP contribution in [-0.4, -0.2) is 64.6 Å². The van der Waals surface area contributed by atoms with Crippen molar-refractivity contribution in [3.05, 3.63) is 42.2 Å². The van der Waals surface area contributed by atoms with Gasteiger partial charge in [0.25, 0.3) is 5.91 Å². The Morgan fingerprint density at radius 1 is 1.29 bits per heavy atom. The van der Waals surface area contributed by atoms with Crippen molar-refractivity contribution in [2.75, 3.05) is 20.7 Å². The predicted octanol–water partition coefficient (Wildman–Crippen LogP) is 0.243. The van der Waals surface area contributed by atoms with E-state index in [1.54, 1.807) is 0 Å². The number of ether oxygens (including phenoxy) is 1. The molecule has 1 N–H and O–H groups in total. The standard InChI is InChI=1S/C16H19N5O3/c1-20-10-11(8-13(20)16(23)24-2)18-15(22)14-9-17-19-21(14)12-6-4-3-5-7-12/h3-7,9,11,13H,8,10H2,1-2H3,(H,18,22)/t11-,13-/m0/s1. The monoisotopic (exact) mass is 329 g/mol. The van der Waals surface area contributed by atoms with Crippen LogP contribution in [0.1, 0.15) is 16.9 Å². The van der Waals surface area contributed by atoms with Gasteiger partial charge in [0.05, 0.1) is 19.0 Å². The fraction of sp³-hybridized carbons (Fsp3) is 0.375. The molecule has 0 bridgehead atoms. The van der Waals surface area contributed by atoms with Crippen LogP contribution in [0.4, 0.5) is 0 Å². The van der Waals surface area contributed by atoms with Crippen molar-refractivity contribution < 1.29 is 14.3 Å². The molecule has 0 saturated carbocycles. The summed E-state index contributed by atoms with van der Waals surface area (Å²) >= 11 is 0. The summed E-state index contributed by atoms with van der Waals surface area (Å²) in [6, 6.07) is 8.85. The van der Waals surface area contributed by atoms with Gasteiger partial charge in [-0.1, -0.05) is 23.4 Å². The lowest BCUT2D eigenvalue weighted by Gasteiger charge is -2.15. The fourth-order valence-corrected chi connectivity index (χ4v) is 2.92. The first-order chi connectivity index (χ1) is 11.6. The molecule has 24 heavy (non-hydrogen) atoms. The van der Waals surface area contributed by atoms with Gasteiger partial charge in [-0.2, -0.15) is 0 Å². The lowest BCUT2D eigenvalue weighted by atomic mass is 10.1. The number of likely N-dealkylation sites (N-methyl/N-ethyl adjacent to an activating group) is 1.